The second kappa shape index (κ2) is 6.45. The molecule has 6 heteroatoms. The summed E-state index contributed by atoms with van der Waals surface area (Å²) in [4.78, 5) is 0. The van der Waals surface area contributed by atoms with Gasteiger partial charge in [0.05, 0.1) is 20.0 Å². The van der Waals surface area contributed by atoms with Crippen molar-refractivity contribution in [2.75, 3.05) is 33.1 Å². The van der Waals surface area contributed by atoms with Gasteiger partial charge in [-0.25, -0.2) is 12.7 Å². The van der Waals surface area contributed by atoms with E-state index in [0.29, 0.717) is 25.6 Å². The van der Waals surface area contributed by atoms with E-state index in [0.717, 1.165) is 24.3 Å². The van der Waals surface area contributed by atoms with Crippen molar-refractivity contribution in [1.82, 2.24) is 4.31 Å². The van der Waals surface area contributed by atoms with Crippen molar-refractivity contribution >= 4 is 10.0 Å². The minimum atomic E-state index is -3.05. The maximum Gasteiger partial charge on any atom is 0.211 e. The van der Waals surface area contributed by atoms with Crippen molar-refractivity contribution in [3.8, 4) is 11.5 Å². The van der Waals surface area contributed by atoms with E-state index >= 15 is 0 Å². The van der Waals surface area contributed by atoms with Crippen LogP contribution < -0.4 is 9.47 Å². The number of rotatable bonds is 5. The monoisotopic (exact) mass is 299 g/mol. The fraction of sp³-hybridized carbons (Fsp3) is 0.571. The molecule has 1 heterocycles. The van der Waals surface area contributed by atoms with E-state index in [2.05, 4.69) is 0 Å². The number of nitrogens with zero attached hydrogens (tertiary/aromatic N) is 1. The SMILES string of the molecule is COc1ccc(OCC2CCN(S(C)(=O)=O)CC2)cc1. The van der Waals surface area contributed by atoms with Gasteiger partial charge >= 0.3 is 0 Å². The molecule has 1 aliphatic heterocycles. The van der Waals surface area contributed by atoms with Crippen molar-refractivity contribution in [3.63, 3.8) is 0 Å². The smallest absolute Gasteiger partial charge is 0.211 e. The molecule has 0 N–H and O–H groups in total. The summed E-state index contributed by atoms with van der Waals surface area (Å²) in [5.74, 6) is 2.03. The normalized spacial score (nSPS) is 17.9. The second-order valence-electron chi connectivity index (χ2n) is 5.09. The Balaban J connectivity index is 1.78. The summed E-state index contributed by atoms with van der Waals surface area (Å²) < 4.78 is 35.2. The van der Waals surface area contributed by atoms with Gasteiger partial charge in [0.15, 0.2) is 0 Å². The second-order valence-corrected chi connectivity index (χ2v) is 7.07. The van der Waals surface area contributed by atoms with Crippen LogP contribution in [0.15, 0.2) is 24.3 Å². The average molecular weight is 299 g/mol. The summed E-state index contributed by atoms with van der Waals surface area (Å²) in [6, 6.07) is 7.48. The van der Waals surface area contributed by atoms with Crippen LogP contribution in [0.1, 0.15) is 12.8 Å². The molecule has 1 aliphatic rings. The summed E-state index contributed by atoms with van der Waals surface area (Å²) in [6.45, 7) is 1.81. The van der Waals surface area contributed by atoms with Crippen LogP contribution in [0.2, 0.25) is 0 Å². The predicted molar refractivity (Wildman–Crippen MR) is 77.6 cm³/mol. The van der Waals surface area contributed by atoms with E-state index in [1.165, 1.54) is 10.6 Å². The summed E-state index contributed by atoms with van der Waals surface area (Å²) in [5.41, 5.74) is 0. The van der Waals surface area contributed by atoms with Crippen LogP contribution >= 0.6 is 0 Å². The number of hydrogen-bond acceptors (Lipinski definition) is 4. The van der Waals surface area contributed by atoms with Crippen molar-refractivity contribution in [2.45, 2.75) is 12.8 Å². The fourth-order valence-corrected chi connectivity index (χ4v) is 3.17. The standard InChI is InChI=1S/C14H21NO4S/c1-18-13-3-5-14(6-4-13)19-11-12-7-9-15(10-8-12)20(2,16)17/h3-6,12H,7-11H2,1-2H3. The fourth-order valence-electron chi connectivity index (χ4n) is 2.29. The zero-order chi connectivity index (χ0) is 14.6. The van der Waals surface area contributed by atoms with E-state index in [-0.39, 0.29) is 0 Å². The molecule has 1 aromatic carbocycles. The quantitative estimate of drug-likeness (QED) is 0.831. The number of methoxy groups -OCH3 is 1. The van der Waals surface area contributed by atoms with Crippen molar-refractivity contribution in [3.05, 3.63) is 24.3 Å². The lowest BCUT2D eigenvalue weighted by Crippen LogP contribution is -2.39. The zero-order valence-electron chi connectivity index (χ0n) is 11.9. The van der Waals surface area contributed by atoms with Crippen molar-refractivity contribution in [1.29, 1.82) is 0 Å². The van der Waals surface area contributed by atoms with E-state index in [4.69, 9.17) is 9.47 Å². The first-order valence-electron chi connectivity index (χ1n) is 6.71. The van der Waals surface area contributed by atoms with E-state index in [9.17, 15) is 8.42 Å². The Hall–Kier alpha value is -1.27. The topological polar surface area (TPSA) is 55.8 Å². The molecule has 2 rings (SSSR count). The highest BCUT2D eigenvalue weighted by Gasteiger charge is 2.25. The summed E-state index contributed by atoms with van der Waals surface area (Å²) >= 11 is 0. The van der Waals surface area contributed by atoms with Gasteiger partial charge in [-0.3, -0.25) is 0 Å². The predicted octanol–water partition coefficient (Wildman–Crippen LogP) is 1.75. The molecule has 0 saturated carbocycles. The molecule has 0 unspecified atom stereocenters. The third-order valence-corrected chi connectivity index (χ3v) is 4.89. The third-order valence-electron chi connectivity index (χ3n) is 3.59. The van der Waals surface area contributed by atoms with Gasteiger partial charge in [0.25, 0.3) is 0 Å². The minimum absolute atomic E-state index is 0.412. The zero-order valence-corrected chi connectivity index (χ0v) is 12.7. The first kappa shape index (κ1) is 15.1. The van der Waals surface area contributed by atoms with Gasteiger partial charge in [-0.05, 0) is 43.0 Å². The van der Waals surface area contributed by atoms with Crippen LogP contribution in [0.4, 0.5) is 0 Å². The average Bonchev–Trinajstić information content (AvgIpc) is 2.45. The Kier molecular flexibility index (Phi) is 4.88. The van der Waals surface area contributed by atoms with Crippen LogP contribution in [0.5, 0.6) is 11.5 Å². The molecule has 5 nitrogen and oxygen atoms in total. The lowest BCUT2D eigenvalue weighted by Gasteiger charge is -2.30. The highest BCUT2D eigenvalue weighted by Crippen LogP contribution is 2.22. The Bertz CT molecular complexity index is 519. The van der Waals surface area contributed by atoms with Gasteiger partial charge in [-0.15, -0.1) is 0 Å². The van der Waals surface area contributed by atoms with Gasteiger partial charge in [0.1, 0.15) is 11.5 Å². The molecule has 0 bridgehead atoms. The molecule has 0 spiro atoms. The molecule has 0 amide bonds. The van der Waals surface area contributed by atoms with E-state index < -0.39 is 10.0 Å². The molecule has 112 valence electrons. The van der Waals surface area contributed by atoms with Crippen LogP contribution in [0.25, 0.3) is 0 Å². The van der Waals surface area contributed by atoms with Crippen molar-refractivity contribution in [2.24, 2.45) is 5.92 Å². The Morgan fingerprint density at radius 3 is 2.20 bits per heavy atom. The molecule has 1 aromatic rings. The Labute approximate surface area is 120 Å². The highest BCUT2D eigenvalue weighted by molar-refractivity contribution is 7.88. The molecule has 0 atom stereocenters. The molecule has 0 aliphatic carbocycles. The largest absolute Gasteiger partial charge is 0.497 e. The molecule has 0 aromatic heterocycles. The lowest BCUT2D eigenvalue weighted by atomic mass is 9.99. The van der Waals surface area contributed by atoms with Crippen LogP contribution in [-0.4, -0.2) is 45.8 Å². The first-order chi connectivity index (χ1) is 9.49. The van der Waals surface area contributed by atoms with E-state index in [1.807, 2.05) is 24.3 Å². The number of piperidine rings is 1. The van der Waals surface area contributed by atoms with Gasteiger partial charge < -0.3 is 9.47 Å². The number of hydrogen-bond donors (Lipinski definition) is 0. The van der Waals surface area contributed by atoms with E-state index in [1.54, 1.807) is 7.11 Å². The lowest BCUT2D eigenvalue weighted by molar-refractivity contribution is 0.185. The number of ether oxygens (including phenoxy) is 2. The maximum atomic E-state index is 11.4. The summed E-state index contributed by atoms with van der Waals surface area (Å²) in [7, 11) is -1.42. The molecule has 1 saturated heterocycles. The molecule has 1 fully saturated rings. The number of benzene rings is 1. The summed E-state index contributed by atoms with van der Waals surface area (Å²) in [5, 5.41) is 0. The summed E-state index contributed by atoms with van der Waals surface area (Å²) in [6.07, 6.45) is 2.97. The van der Waals surface area contributed by atoms with Gasteiger partial charge in [0.2, 0.25) is 10.0 Å². The molecule has 0 radical (unpaired) electrons. The van der Waals surface area contributed by atoms with Gasteiger partial charge in [0, 0.05) is 13.1 Å². The number of sulfonamides is 1. The van der Waals surface area contributed by atoms with Crippen molar-refractivity contribution < 1.29 is 17.9 Å². The highest BCUT2D eigenvalue weighted by atomic mass is 32.2. The molecule has 20 heavy (non-hydrogen) atoms. The Morgan fingerprint density at radius 2 is 1.70 bits per heavy atom. The first-order valence-corrected chi connectivity index (χ1v) is 8.56. The van der Waals surface area contributed by atoms with Crippen LogP contribution in [0, 0.1) is 5.92 Å². The third kappa shape index (κ3) is 4.11. The minimum Gasteiger partial charge on any atom is -0.497 e. The Morgan fingerprint density at radius 1 is 1.15 bits per heavy atom. The molecular formula is C14H21NO4S. The van der Waals surface area contributed by atoms with Gasteiger partial charge in [-0.2, -0.15) is 0 Å². The molecular weight excluding hydrogens is 278 g/mol. The maximum absolute atomic E-state index is 11.4. The van der Waals surface area contributed by atoms with Crippen LogP contribution in [0.3, 0.4) is 0 Å². The van der Waals surface area contributed by atoms with Gasteiger partial charge in [-0.1, -0.05) is 0 Å². The van der Waals surface area contributed by atoms with Crippen LogP contribution in [-0.2, 0) is 10.0 Å².